The summed E-state index contributed by atoms with van der Waals surface area (Å²) in [6, 6.07) is 12.2. The number of hydrogen-bond acceptors (Lipinski definition) is 5. The van der Waals surface area contributed by atoms with Crippen molar-refractivity contribution in [2.75, 3.05) is 11.4 Å². The summed E-state index contributed by atoms with van der Waals surface area (Å²) in [6.45, 7) is 2.53. The molecule has 1 aromatic heterocycles. The van der Waals surface area contributed by atoms with Crippen LogP contribution in [0.2, 0.25) is 0 Å². The molecule has 1 heterocycles. The summed E-state index contributed by atoms with van der Waals surface area (Å²) in [5.74, 6) is 0.0253. The van der Waals surface area contributed by atoms with E-state index in [-0.39, 0.29) is 24.7 Å². The van der Waals surface area contributed by atoms with Crippen LogP contribution < -0.4 is 10.6 Å². The summed E-state index contributed by atoms with van der Waals surface area (Å²) < 4.78 is 43.4. The number of alkyl halides is 3. The molecular weight excluding hydrogens is 385 g/mol. The van der Waals surface area contributed by atoms with Crippen LogP contribution in [0.1, 0.15) is 23.4 Å². The molecule has 0 aliphatic carbocycles. The molecule has 0 aliphatic rings. The summed E-state index contributed by atoms with van der Waals surface area (Å²) in [5, 5.41) is 3.85. The Labute approximate surface area is 165 Å². The molecule has 0 unspecified atom stereocenters. The lowest BCUT2D eigenvalue weighted by Crippen LogP contribution is -2.27. The van der Waals surface area contributed by atoms with E-state index in [0.717, 1.165) is 23.4 Å². The van der Waals surface area contributed by atoms with Crippen molar-refractivity contribution in [1.82, 2.24) is 10.1 Å². The lowest BCUT2D eigenvalue weighted by molar-refractivity contribution is -0.137. The summed E-state index contributed by atoms with van der Waals surface area (Å²) in [7, 11) is 0. The van der Waals surface area contributed by atoms with Crippen molar-refractivity contribution in [2.45, 2.75) is 26.1 Å². The van der Waals surface area contributed by atoms with Crippen molar-refractivity contribution >= 4 is 11.6 Å². The van der Waals surface area contributed by atoms with Gasteiger partial charge in [-0.2, -0.15) is 18.2 Å². The van der Waals surface area contributed by atoms with Gasteiger partial charge in [-0.25, -0.2) is 0 Å². The third kappa shape index (κ3) is 5.34. The van der Waals surface area contributed by atoms with Crippen molar-refractivity contribution in [3.8, 4) is 11.4 Å². The minimum Gasteiger partial charge on any atom is -0.370 e. The maximum absolute atomic E-state index is 12.7. The lowest BCUT2D eigenvalue weighted by Gasteiger charge is -2.22. The van der Waals surface area contributed by atoms with Crippen molar-refractivity contribution in [1.29, 1.82) is 0 Å². The van der Waals surface area contributed by atoms with E-state index in [9.17, 15) is 18.0 Å². The monoisotopic (exact) mass is 404 g/mol. The second kappa shape index (κ2) is 8.34. The van der Waals surface area contributed by atoms with Crippen LogP contribution in [0, 0.1) is 6.92 Å². The second-order valence-corrected chi connectivity index (χ2v) is 6.56. The molecule has 3 aromatic rings. The number of primary amides is 1. The van der Waals surface area contributed by atoms with Crippen molar-refractivity contribution in [2.24, 2.45) is 5.73 Å². The first kappa shape index (κ1) is 20.4. The Morgan fingerprint density at radius 1 is 1.17 bits per heavy atom. The summed E-state index contributed by atoms with van der Waals surface area (Å²) in [6.07, 6.45) is -4.26. The second-order valence-electron chi connectivity index (χ2n) is 6.56. The molecule has 6 nitrogen and oxygen atoms in total. The highest BCUT2D eigenvalue weighted by atomic mass is 19.4. The van der Waals surface area contributed by atoms with Crippen molar-refractivity contribution in [3.05, 3.63) is 65.5 Å². The Hall–Kier alpha value is -3.36. The summed E-state index contributed by atoms with van der Waals surface area (Å²) in [4.78, 5) is 17.4. The fourth-order valence-corrected chi connectivity index (χ4v) is 2.78. The Bertz CT molecular complexity index is 984. The molecule has 2 N–H and O–H groups in total. The smallest absolute Gasteiger partial charge is 0.370 e. The Balaban J connectivity index is 1.79. The number of aryl methyl sites for hydroxylation is 1. The fourth-order valence-electron chi connectivity index (χ4n) is 2.78. The number of aromatic nitrogens is 2. The number of benzene rings is 2. The number of halogens is 3. The average Bonchev–Trinajstić information content (AvgIpc) is 3.13. The molecule has 0 fully saturated rings. The molecule has 0 spiro atoms. The number of nitrogens with two attached hydrogens (primary N) is 1. The predicted molar refractivity (Wildman–Crippen MR) is 101 cm³/mol. The van der Waals surface area contributed by atoms with Gasteiger partial charge in [0.25, 0.3) is 0 Å². The highest BCUT2D eigenvalue weighted by Gasteiger charge is 2.30. The Morgan fingerprint density at radius 2 is 1.90 bits per heavy atom. The number of hydrogen-bond donors (Lipinski definition) is 1. The molecule has 0 atom stereocenters. The van der Waals surface area contributed by atoms with Gasteiger partial charge in [0.1, 0.15) is 0 Å². The molecule has 1 amide bonds. The molecule has 0 aliphatic heterocycles. The molecular formula is C20H19F3N4O2. The zero-order chi connectivity index (χ0) is 21.0. The molecule has 0 saturated carbocycles. The van der Waals surface area contributed by atoms with Gasteiger partial charge in [0.15, 0.2) is 0 Å². The number of carbonyl (C=O) groups excluding carboxylic acids is 1. The summed E-state index contributed by atoms with van der Waals surface area (Å²) >= 11 is 0. The van der Waals surface area contributed by atoms with E-state index in [1.807, 2.05) is 36.1 Å². The van der Waals surface area contributed by atoms with E-state index < -0.39 is 17.6 Å². The van der Waals surface area contributed by atoms with Crippen molar-refractivity contribution in [3.63, 3.8) is 0 Å². The first-order valence-electron chi connectivity index (χ1n) is 8.82. The van der Waals surface area contributed by atoms with E-state index in [1.165, 1.54) is 12.1 Å². The van der Waals surface area contributed by atoms with Gasteiger partial charge >= 0.3 is 6.18 Å². The number of carbonyl (C=O) groups is 1. The zero-order valence-electron chi connectivity index (χ0n) is 15.6. The maximum atomic E-state index is 12.7. The number of anilines is 1. The van der Waals surface area contributed by atoms with Gasteiger partial charge in [-0.1, -0.05) is 29.4 Å². The molecule has 0 bridgehead atoms. The van der Waals surface area contributed by atoms with Crippen LogP contribution in [0.3, 0.4) is 0 Å². The van der Waals surface area contributed by atoms with E-state index in [2.05, 4.69) is 10.1 Å². The number of rotatable bonds is 7. The van der Waals surface area contributed by atoms with E-state index in [0.29, 0.717) is 12.1 Å². The molecule has 2 aromatic carbocycles. The highest BCUT2D eigenvalue weighted by Crippen LogP contribution is 2.30. The minimum absolute atomic E-state index is 0.147. The van der Waals surface area contributed by atoms with Crippen LogP contribution in [0.25, 0.3) is 11.4 Å². The Kier molecular flexibility index (Phi) is 5.86. The predicted octanol–water partition coefficient (Wildman–Crippen LogP) is 3.95. The molecule has 9 heteroatoms. The quantitative estimate of drug-likeness (QED) is 0.645. The first-order valence-corrected chi connectivity index (χ1v) is 8.82. The molecule has 3 rings (SSSR count). The van der Waals surface area contributed by atoms with Crippen LogP contribution in [0.4, 0.5) is 18.9 Å². The van der Waals surface area contributed by atoms with E-state index in [1.54, 1.807) is 0 Å². The van der Waals surface area contributed by atoms with Gasteiger partial charge in [-0.15, -0.1) is 0 Å². The highest BCUT2D eigenvalue weighted by molar-refractivity contribution is 5.74. The zero-order valence-corrected chi connectivity index (χ0v) is 15.6. The number of amides is 1. The standard InChI is InChI=1S/C20H19F3N4O2/c1-13-3-2-4-16(11-13)27(10-9-17(24)28)12-18-25-19(26-29-18)14-5-7-15(8-6-14)20(21,22)23/h2-8,11H,9-10,12H2,1H3,(H2,24,28). The van der Waals surface area contributed by atoms with Gasteiger partial charge in [0.05, 0.1) is 12.1 Å². The number of nitrogens with zero attached hydrogens (tertiary/aromatic N) is 3. The fraction of sp³-hybridized carbons (Fsp3) is 0.250. The minimum atomic E-state index is -4.41. The summed E-state index contributed by atoms with van der Waals surface area (Å²) in [5.41, 5.74) is 6.83. The van der Waals surface area contributed by atoms with Gasteiger partial charge < -0.3 is 15.2 Å². The molecule has 152 valence electrons. The van der Waals surface area contributed by atoms with Crippen LogP contribution in [-0.2, 0) is 17.5 Å². The van der Waals surface area contributed by atoms with Gasteiger partial charge in [0.2, 0.25) is 17.6 Å². The van der Waals surface area contributed by atoms with Crippen LogP contribution >= 0.6 is 0 Å². The normalized spacial score (nSPS) is 11.4. The lowest BCUT2D eigenvalue weighted by atomic mass is 10.1. The first-order chi connectivity index (χ1) is 13.7. The third-order valence-electron chi connectivity index (χ3n) is 4.26. The van der Waals surface area contributed by atoms with E-state index in [4.69, 9.17) is 10.3 Å². The van der Waals surface area contributed by atoms with Gasteiger partial charge in [-0.3, -0.25) is 4.79 Å². The Morgan fingerprint density at radius 3 is 2.52 bits per heavy atom. The molecule has 29 heavy (non-hydrogen) atoms. The largest absolute Gasteiger partial charge is 0.416 e. The van der Waals surface area contributed by atoms with Crippen LogP contribution in [0.5, 0.6) is 0 Å². The molecule has 0 radical (unpaired) electrons. The SMILES string of the molecule is Cc1cccc(N(CCC(N)=O)Cc2nc(-c3ccc(C(F)(F)F)cc3)no2)c1. The topological polar surface area (TPSA) is 85.2 Å². The maximum Gasteiger partial charge on any atom is 0.416 e. The van der Waals surface area contributed by atoms with E-state index >= 15 is 0 Å². The van der Waals surface area contributed by atoms with Gasteiger partial charge in [-0.05, 0) is 36.8 Å². The van der Waals surface area contributed by atoms with Gasteiger partial charge in [0, 0.05) is 24.2 Å². The van der Waals surface area contributed by atoms with Crippen LogP contribution in [-0.4, -0.2) is 22.6 Å². The third-order valence-corrected chi connectivity index (χ3v) is 4.26. The van der Waals surface area contributed by atoms with Crippen molar-refractivity contribution < 1.29 is 22.5 Å². The van der Waals surface area contributed by atoms with Crippen LogP contribution in [0.15, 0.2) is 53.1 Å². The average molecular weight is 404 g/mol. The molecule has 0 saturated heterocycles.